The van der Waals surface area contributed by atoms with Crippen molar-refractivity contribution in [2.24, 2.45) is 0 Å². The molecule has 0 bridgehead atoms. The summed E-state index contributed by atoms with van der Waals surface area (Å²) in [5.41, 5.74) is 1.61. The van der Waals surface area contributed by atoms with Crippen molar-refractivity contribution in [3.05, 3.63) is 54.1 Å². The fraction of sp³-hybridized carbons (Fsp3) is 0.300. The van der Waals surface area contributed by atoms with Crippen molar-refractivity contribution < 1.29 is 27.5 Å². The zero-order valence-electron chi connectivity index (χ0n) is 16.3. The van der Waals surface area contributed by atoms with E-state index in [0.717, 1.165) is 5.56 Å². The molecule has 2 aromatic carbocycles. The third-order valence-electron chi connectivity index (χ3n) is 3.74. The molecule has 0 aliphatic heterocycles. The van der Waals surface area contributed by atoms with Crippen molar-refractivity contribution >= 4 is 27.6 Å². The molecule has 29 heavy (non-hydrogen) atoms. The Hall–Kier alpha value is -2.91. The maximum atomic E-state index is 12.2. The minimum Gasteiger partial charge on any atom is -0.490 e. The van der Waals surface area contributed by atoms with E-state index in [1.54, 1.807) is 0 Å². The topological polar surface area (TPSA) is 111 Å². The summed E-state index contributed by atoms with van der Waals surface area (Å²) < 4.78 is 37.2. The first-order valence-corrected chi connectivity index (χ1v) is 10.5. The third-order valence-corrected chi connectivity index (χ3v) is 5.22. The fourth-order valence-electron chi connectivity index (χ4n) is 2.31. The molecule has 2 aromatic rings. The summed E-state index contributed by atoms with van der Waals surface area (Å²) in [6.45, 7) is 3.53. The normalized spacial score (nSPS) is 11.0. The summed E-state index contributed by atoms with van der Waals surface area (Å²) >= 11 is 0. The molecular formula is C20H24N2O6S. The predicted molar refractivity (Wildman–Crippen MR) is 108 cm³/mol. The molecule has 0 unspecified atom stereocenters. The van der Waals surface area contributed by atoms with Crippen LogP contribution in [0.25, 0.3) is 0 Å². The van der Waals surface area contributed by atoms with E-state index >= 15 is 0 Å². The van der Waals surface area contributed by atoms with Gasteiger partial charge in [0.1, 0.15) is 19.0 Å². The number of carbonyl (C=O) groups is 2. The Morgan fingerprint density at radius 1 is 0.966 bits per heavy atom. The van der Waals surface area contributed by atoms with E-state index in [1.807, 2.05) is 31.2 Å². The molecule has 156 valence electrons. The molecule has 1 amide bonds. The molecule has 8 nitrogen and oxygen atoms in total. The van der Waals surface area contributed by atoms with Crippen molar-refractivity contribution in [2.45, 2.75) is 25.2 Å². The Balaban J connectivity index is 1.68. The number of benzene rings is 2. The third kappa shape index (κ3) is 7.92. The monoisotopic (exact) mass is 420 g/mol. The van der Waals surface area contributed by atoms with E-state index in [4.69, 9.17) is 9.47 Å². The number of aryl methyl sites for hydroxylation is 1. The van der Waals surface area contributed by atoms with Gasteiger partial charge in [0.05, 0.1) is 11.3 Å². The molecule has 9 heteroatoms. The number of nitrogens with one attached hydrogen (secondary N) is 2. The van der Waals surface area contributed by atoms with Gasteiger partial charge in [-0.3, -0.25) is 9.59 Å². The molecule has 0 aliphatic carbocycles. The minimum atomic E-state index is -3.76. The molecular weight excluding hydrogens is 396 g/mol. The number of hydrogen-bond acceptors (Lipinski definition) is 6. The lowest BCUT2D eigenvalue weighted by Gasteiger charge is -2.09. The van der Waals surface area contributed by atoms with Crippen molar-refractivity contribution in [2.75, 3.05) is 25.1 Å². The first-order valence-electron chi connectivity index (χ1n) is 8.99. The average molecular weight is 420 g/mol. The Bertz CT molecular complexity index is 924. The highest BCUT2D eigenvalue weighted by Gasteiger charge is 2.14. The van der Waals surface area contributed by atoms with Gasteiger partial charge in [0.25, 0.3) is 0 Å². The Labute approximate surface area is 170 Å². The maximum Gasteiger partial charge on any atom is 0.307 e. The Morgan fingerprint density at radius 3 is 2.24 bits per heavy atom. The highest BCUT2D eigenvalue weighted by Crippen LogP contribution is 2.14. The zero-order valence-corrected chi connectivity index (χ0v) is 17.1. The largest absolute Gasteiger partial charge is 0.490 e. The molecule has 0 spiro atoms. The number of amides is 1. The van der Waals surface area contributed by atoms with Crippen molar-refractivity contribution in [1.82, 2.24) is 4.72 Å². The van der Waals surface area contributed by atoms with Crippen LogP contribution in [0.15, 0.2) is 53.4 Å². The lowest BCUT2D eigenvalue weighted by atomic mass is 10.2. The molecule has 0 atom stereocenters. The number of anilines is 1. The number of ether oxygens (including phenoxy) is 2. The van der Waals surface area contributed by atoms with Crippen LogP contribution in [0, 0.1) is 6.92 Å². The van der Waals surface area contributed by atoms with E-state index in [0.29, 0.717) is 11.4 Å². The van der Waals surface area contributed by atoms with Crippen LogP contribution >= 0.6 is 0 Å². The molecule has 0 saturated carbocycles. The van der Waals surface area contributed by atoms with E-state index in [2.05, 4.69) is 10.0 Å². The second-order valence-electron chi connectivity index (χ2n) is 6.24. The van der Waals surface area contributed by atoms with Crippen LogP contribution in [-0.4, -0.2) is 40.1 Å². The lowest BCUT2D eigenvalue weighted by Crippen LogP contribution is -2.27. The number of hydrogen-bond donors (Lipinski definition) is 2. The van der Waals surface area contributed by atoms with Gasteiger partial charge in [-0.15, -0.1) is 0 Å². The van der Waals surface area contributed by atoms with Crippen LogP contribution in [-0.2, 0) is 24.3 Å². The summed E-state index contributed by atoms with van der Waals surface area (Å²) in [5.74, 6) is -0.0911. The van der Waals surface area contributed by atoms with Crippen molar-refractivity contribution in [3.63, 3.8) is 0 Å². The summed E-state index contributed by atoms with van der Waals surface area (Å²) in [4.78, 5) is 22.7. The highest BCUT2D eigenvalue weighted by molar-refractivity contribution is 7.89. The summed E-state index contributed by atoms with van der Waals surface area (Å²) in [6, 6.07) is 13.2. The molecule has 2 rings (SSSR count). The van der Waals surface area contributed by atoms with Crippen LogP contribution in [0.1, 0.15) is 18.9 Å². The average Bonchev–Trinajstić information content (AvgIpc) is 2.66. The smallest absolute Gasteiger partial charge is 0.307 e. The van der Waals surface area contributed by atoms with Gasteiger partial charge in [0.15, 0.2) is 0 Å². The number of rotatable bonds is 10. The SMILES string of the molecule is CC(=O)Nc1ccc(S(=O)(=O)NCCC(=O)OCCOc2ccc(C)cc2)cc1. The standard InChI is InChI=1S/C20H24N2O6S/c1-15-3-7-18(8-4-15)27-13-14-28-20(24)11-12-21-29(25,26)19-9-5-17(6-10-19)22-16(2)23/h3-10,21H,11-14H2,1-2H3,(H,22,23). The highest BCUT2D eigenvalue weighted by atomic mass is 32.2. The molecule has 0 saturated heterocycles. The molecule has 0 aliphatic rings. The molecule has 0 heterocycles. The number of carbonyl (C=O) groups excluding carboxylic acids is 2. The van der Waals surface area contributed by atoms with Gasteiger partial charge in [-0.05, 0) is 43.3 Å². The Kier molecular flexibility index (Phi) is 8.17. The van der Waals surface area contributed by atoms with Crippen molar-refractivity contribution in [1.29, 1.82) is 0 Å². The zero-order chi connectivity index (χ0) is 21.3. The maximum absolute atomic E-state index is 12.2. The van der Waals surface area contributed by atoms with Crippen LogP contribution < -0.4 is 14.8 Å². The van der Waals surface area contributed by atoms with Crippen LogP contribution in [0.2, 0.25) is 0 Å². The molecule has 0 fully saturated rings. The van der Waals surface area contributed by atoms with E-state index < -0.39 is 16.0 Å². The molecule has 2 N–H and O–H groups in total. The van der Waals surface area contributed by atoms with Gasteiger partial charge < -0.3 is 14.8 Å². The predicted octanol–water partition coefficient (Wildman–Crippen LogP) is 2.24. The van der Waals surface area contributed by atoms with Gasteiger partial charge in [-0.2, -0.15) is 0 Å². The molecule has 0 radical (unpaired) electrons. The summed E-state index contributed by atoms with van der Waals surface area (Å²) in [6.07, 6.45) is -0.103. The first-order chi connectivity index (χ1) is 13.8. The second-order valence-corrected chi connectivity index (χ2v) is 8.00. The Morgan fingerprint density at radius 2 is 1.62 bits per heavy atom. The number of esters is 1. The summed E-state index contributed by atoms with van der Waals surface area (Å²) in [7, 11) is -3.76. The van der Waals surface area contributed by atoms with E-state index in [-0.39, 0.29) is 37.0 Å². The first kappa shape index (κ1) is 22.4. The van der Waals surface area contributed by atoms with Gasteiger partial charge in [-0.25, -0.2) is 13.1 Å². The molecule has 0 aromatic heterocycles. The van der Waals surface area contributed by atoms with Crippen molar-refractivity contribution in [3.8, 4) is 5.75 Å². The van der Waals surface area contributed by atoms with Gasteiger partial charge in [0.2, 0.25) is 15.9 Å². The van der Waals surface area contributed by atoms with E-state index in [9.17, 15) is 18.0 Å². The van der Waals surface area contributed by atoms with Crippen LogP contribution in [0.3, 0.4) is 0 Å². The number of sulfonamides is 1. The lowest BCUT2D eigenvalue weighted by molar-refractivity contribution is -0.144. The van der Waals surface area contributed by atoms with Crippen LogP contribution in [0.5, 0.6) is 5.75 Å². The second kappa shape index (κ2) is 10.6. The van der Waals surface area contributed by atoms with E-state index in [1.165, 1.54) is 31.2 Å². The van der Waals surface area contributed by atoms with Gasteiger partial charge in [0, 0.05) is 19.2 Å². The quantitative estimate of drug-likeness (QED) is 0.451. The summed E-state index contributed by atoms with van der Waals surface area (Å²) in [5, 5.41) is 2.55. The van der Waals surface area contributed by atoms with Gasteiger partial charge >= 0.3 is 5.97 Å². The van der Waals surface area contributed by atoms with Crippen LogP contribution in [0.4, 0.5) is 5.69 Å². The minimum absolute atomic E-state index is 0.0338. The van der Waals surface area contributed by atoms with Gasteiger partial charge in [-0.1, -0.05) is 17.7 Å². The fourth-order valence-corrected chi connectivity index (χ4v) is 3.35.